The first-order valence-electron chi connectivity index (χ1n) is 6.26. The zero-order chi connectivity index (χ0) is 13.2. The van der Waals surface area contributed by atoms with Gasteiger partial charge < -0.3 is 9.88 Å². The molecule has 2 heterocycles. The molecule has 0 unspecified atom stereocenters. The number of imidazole rings is 1. The topological polar surface area (TPSA) is 49.0 Å². The highest BCUT2D eigenvalue weighted by molar-refractivity contribution is 5.79. The van der Waals surface area contributed by atoms with E-state index in [2.05, 4.69) is 9.97 Å². The van der Waals surface area contributed by atoms with E-state index in [1.54, 1.807) is 29.4 Å². The van der Waals surface area contributed by atoms with Crippen molar-refractivity contribution < 1.29 is 9.18 Å². The fourth-order valence-corrected chi connectivity index (χ4v) is 2.34. The summed E-state index contributed by atoms with van der Waals surface area (Å²) in [6.07, 6.45) is 2.51. The molecule has 1 aromatic heterocycles. The Kier molecular flexibility index (Phi) is 3.03. The first kappa shape index (κ1) is 11.9. The van der Waals surface area contributed by atoms with Crippen molar-refractivity contribution in [2.24, 2.45) is 0 Å². The van der Waals surface area contributed by atoms with Gasteiger partial charge in [-0.05, 0) is 11.6 Å². The normalized spacial score (nSPS) is 14.3. The van der Waals surface area contributed by atoms with E-state index in [1.807, 2.05) is 0 Å². The van der Waals surface area contributed by atoms with Gasteiger partial charge in [0.05, 0.1) is 30.7 Å². The Balaban J connectivity index is 1.71. The SMILES string of the molecule is O=C(Cc1ccccc1F)N1CCc2nc[nH]c2C1. The molecule has 1 amide bonds. The van der Waals surface area contributed by atoms with Gasteiger partial charge in [0, 0.05) is 13.0 Å². The smallest absolute Gasteiger partial charge is 0.227 e. The van der Waals surface area contributed by atoms with Gasteiger partial charge >= 0.3 is 0 Å². The molecule has 4 nitrogen and oxygen atoms in total. The maximum atomic E-state index is 13.5. The summed E-state index contributed by atoms with van der Waals surface area (Å²) in [7, 11) is 0. The molecule has 0 bridgehead atoms. The van der Waals surface area contributed by atoms with Gasteiger partial charge in [0.15, 0.2) is 0 Å². The number of nitrogens with one attached hydrogen (secondary N) is 1. The van der Waals surface area contributed by atoms with Gasteiger partial charge in [0.25, 0.3) is 0 Å². The van der Waals surface area contributed by atoms with Crippen LogP contribution >= 0.6 is 0 Å². The molecular weight excluding hydrogens is 245 g/mol. The minimum atomic E-state index is -0.324. The number of H-pyrrole nitrogens is 1. The number of hydrogen-bond donors (Lipinski definition) is 1. The van der Waals surface area contributed by atoms with Gasteiger partial charge in [0.1, 0.15) is 5.82 Å². The summed E-state index contributed by atoms with van der Waals surface area (Å²) in [4.78, 5) is 21.2. The van der Waals surface area contributed by atoms with Crippen LogP contribution in [0.2, 0.25) is 0 Å². The minimum Gasteiger partial charge on any atom is -0.347 e. The summed E-state index contributed by atoms with van der Waals surface area (Å²) in [5, 5.41) is 0. The molecule has 1 aliphatic heterocycles. The molecule has 0 aliphatic carbocycles. The second-order valence-electron chi connectivity index (χ2n) is 4.66. The minimum absolute atomic E-state index is 0.0506. The van der Waals surface area contributed by atoms with E-state index in [0.717, 1.165) is 17.8 Å². The highest BCUT2D eigenvalue weighted by Crippen LogP contribution is 2.16. The standard InChI is InChI=1S/C14H14FN3O/c15-11-4-2-1-3-10(11)7-14(19)18-6-5-12-13(8-18)17-9-16-12/h1-4,9H,5-8H2,(H,16,17). The van der Waals surface area contributed by atoms with Crippen molar-refractivity contribution >= 4 is 5.91 Å². The summed E-state index contributed by atoms with van der Waals surface area (Å²) in [6.45, 7) is 1.17. The Labute approximate surface area is 110 Å². The van der Waals surface area contributed by atoms with Crippen LogP contribution in [0.4, 0.5) is 4.39 Å². The molecule has 1 aliphatic rings. The molecule has 0 saturated heterocycles. The molecule has 0 atom stereocenters. The summed E-state index contributed by atoms with van der Waals surface area (Å²) < 4.78 is 13.5. The van der Waals surface area contributed by atoms with Gasteiger partial charge in [-0.15, -0.1) is 0 Å². The summed E-state index contributed by atoms with van der Waals surface area (Å²) in [5.41, 5.74) is 2.45. The third kappa shape index (κ3) is 2.36. The number of hydrogen-bond acceptors (Lipinski definition) is 2. The van der Waals surface area contributed by atoms with Gasteiger partial charge in [-0.1, -0.05) is 18.2 Å². The zero-order valence-corrected chi connectivity index (χ0v) is 10.4. The number of fused-ring (bicyclic) bond motifs is 1. The number of amides is 1. The van der Waals surface area contributed by atoms with E-state index in [9.17, 15) is 9.18 Å². The highest BCUT2D eigenvalue weighted by atomic mass is 19.1. The summed E-state index contributed by atoms with van der Waals surface area (Å²) in [5.74, 6) is -0.375. The Morgan fingerprint density at radius 3 is 3.11 bits per heavy atom. The number of benzene rings is 1. The molecule has 0 radical (unpaired) electrons. The van der Waals surface area contributed by atoms with E-state index in [-0.39, 0.29) is 18.1 Å². The quantitative estimate of drug-likeness (QED) is 0.892. The predicted molar refractivity (Wildman–Crippen MR) is 67.8 cm³/mol. The van der Waals surface area contributed by atoms with Crippen LogP contribution in [-0.4, -0.2) is 27.3 Å². The van der Waals surface area contributed by atoms with Gasteiger partial charge in [-0.2, -0.15) is 0 Å². The molecule has 2 aromatic rings. The van der Waals surface area contributed by atoms with E-state index < -0.39 is 0 Å². The Morgan fingerprint density at radius 2 is 2.26 bits per heavy atom. The molecule has 0 fully saturated rings. The van der Waals surface area contributed by atoms with Crippen LogP contribution < -0.4 is 0 Å². The van der Waals surface area contributed by atoms with Crippen molar-refractivity contribution in [3.8, 4) is 0 Å². The van der Waals surface area contributed by atoms with Crippen LogP contribution in [0.25, 0.3) is 0 Å². The molecule has 3 rings (SSSR count). The van der Waals surface area contributed by atoms with E-state index in [1.165, 1.54) is 6.07 Å². The fourth-order valence-electron chi connectivity index (χ4n) is 2.34. The Morgan fingerprint density at radius 1 is 1.42 bits per heavy atom. The average Bonchev–Trinajstić information content (AvgIpc) is 2.88. The Bertz CT molecular complexity index is 608. The molecular formula is C14H14FN3O. The number of carbonyl (C=O) groups is 1. The zero-order valence-electron chi connectivity index (χ0n) is 10.4. The highest BCUT2D eigenvalue weighted by Gasteiger charge is 2.22. The van der Waals surface area contributed by atoms with Crippen LogP contribution in [0, 0.1) is 5.82 Å². The van der Waals surface area contributed by atoms with Gasteiger partial charge in [0.2, 0.25) is 5.91 Å². The lowest BCUT2D eigenvalue weighted by Crippen LogP contribution is -2.37. The third-order valence-electron chi connectivity index (χ3n) is 3.43. The number of nitrogens with zero attached hydrogens (tertiary/aromatic N) is 2. The maximum Gasteiger partial charge on any atom is 0.227 e. The molecule has 0 spiro atoms. The average molecular weight is 259 g/mol. The molecule has 1 aromatic carbocycles. The lowest BCUT2D eigenvalue weighted by Gasteiger charge is -2.26. The first-order valence-corrected chi connectivity index (χ1v) is 6.26. The van der Waals surface area contributed by atoms with Gasteiger partial charge in [-0.3, -0.25) is 4.79 Å². The van der Waals surface area contributed by atoms with Crippen LogP contribution in [0.5, 0.6) is 0 Å². The molecule has 0 saturated carbocycles. The van der Waals surface area contributed by atoms with Crippen LogP contribution in [0.15, 0.2) is 30.6 Å². The third-order valence-corrected chi connectivity index (χ3v) is 3.43. The van der Waals surface area contributed by atoms with Gasteiger partial charge in [-0.25, -0.2) is 9.37 Å². The van der Waals surface area contributed by atoms with Crippen LogP contribution in [-0.2, 0) is 24.2 Å². The van der Waals surface area contributed by atoms with Crippen molar-refractivity contribution in [2.45, 2.75) is 19.4 Å². The largest absolute Gasteiger partial charge is 0.347 e. The lowest BCUT2D eigenvalue weighted by atomic mass is 10.1. The first-order chi connectivity index (χ1) is 9.24. The van der Waals surface area contributed by atoms with Crippen molar-refractivity contribution in [3.05, 3.63) is 53.4 Å². The maximum absolute atomic E-state index is 13.5. The van der Waals surface area contributed by atoms with Crippen LogP contribution in [0.3, 0.4) is 0 Å². The number of halogens is 1. The second kappa shape index (κ2) is 4.84. The van der Waals surface area contributed by atoms with Crippen molar-refractivity contribution in [1.82, 2.24) is 14.9 Å². The monoisotopic (exact) mass is 259 g/mol. The summed E-state index contributed by atoms with van der Waals surface area (Å²) >= 11 is 0. The fraction of sp³-hybridized carbons (Fsp3) is 0.286. The van der Waals surface area contributed by atoms with E-state index >= 15 is 0 Å². The van der Waals surface area contributed by atoms with Crippen molar-refractivity contribution in [2.75, 3.05) is 6.54 Å². The number of rotatable bonds is 2. The second-order valence-corrected chi connectivity index (χ2v) is 4.66. The number of aromatic amines is 1. The lowest BCUT2D eigenvalue weighted by molar-refractivity contribution is -0.131. The van der Waals surface area contributed by atoms with Crippen molar-refractivity contribution in [3.63, 3.8) is 0 Å². The van der Waals surface area contributed by atoms with Crippen LogP contribution in [0.1, 0.15) is 17.0 Å². The Hall–Kier alpha value is -2.17. The molecule has 98 valence electrons. The number of aromatic nitrogens is 2. The van der Waals surface area contributed by atoms with E-state index in [0.29, 0.717) is 18.7 Å². The molecule has 1 N–H and O–H groups in total. The number of carbonyl (C=O) groups excluding carboxylic acids is 1. The van der Waals surface area contributed by atoms with E-state index in [4.69, 9.17) is 0 Å². The molecule has 5 heteroatoms. The predicted octanol–water partition coefficient (Wildman–Crippen LogP) is 1.68. The van der Waals surface area contributed by atoms with Crippen molar-refractivity contribution in [1.29, 1.82) is 0 Å². The molecule has 19 heavy (non-hydrogen) atoms. The summed E-state index contributed by atoms with van der Waals surface area (Å²) in [6, 6.07) is 6.40.